The number of hydrogen-bond acceptors (Lipinski definition) is 3. The highest BCUT2D eigenvalue weighted by Crippen LogP contribution is 2.17. The van der Waals surface area contributed by atoms with Gasteiger partial charge in [0.1, 0.15) is 0 Å². The monoisotopic (exact) mass is 276 g/mol. The number of carbonyl (C=O) groups excluding carboxylic acids is 1. The molecule has 2 N–H and O–H groups in total. The lowest BCUT2D eigenvalue weighted by molar-refractivity contribution is -0.117. The van der Waals surface area contributed by atoms with Gasteiger partial charge < -0.3 is 10.4 Å². The smallest absolute Gasteiger partial charge is 0.238 e. The van der Waals surface area contributed by atoms with Gasteiger partial charge in [-0.25, -0.2) is 0 Å². The lowest BCUT2D eigenvalue weighted by atomic mass is 9.99. The van der Waals surface area contributed by atoms with Crippen molar-refractivity contribution in [1.82, 2.24) is 4.90 Å². The summed E-state index contributed by atoms with van der Waals surface area (Å²) in [4.78, 5) is 14.3. The summed E-state index contributed by atoms with van der Waals surface area (Å²) in [5, 5.41) is 12.2. The van der Waals surface area contributed by atoms with Gasteiger partial charge in [-0.3, -0.25) is 9.69 Å². The summed E-state index contributed by atoms with van der Waals surface area (Å²) in [6.07, 6.45) is 3.03. The molecule has 20 heavy (non-hydrogen) atoms. The van der Waals surface area contributed by atoms with E-state index in [-0.39, 0.29) is 12.5 Å². The van der Waals surface area contributed by atoms with Crippen LogP contribution in [0.5, 0.6) is 0 Å². The molecule has 1 atom stereocenters. The van der Waals surface area contributed by atoms with Crippen LogP contribution >= 0.6 is 0 Å². The first-order valence-corrected chi connectivity index (χ1v) is 7.44. The average molecular weight is 276 g/mol. The van der Waals surface area contributed by atoms with E-state index in [1.165, 1.54) is 0 Å². The van der Waals surface area contributed by atoms with E-state index in [4.69, 9.17) is 0 Å². The van der Waals surface area contributed by atoms with Crippen molar-refractivity contribution in [3.8, 4) is 0 Å². The van der Waals surface area contributed by atoms with E-state index in [1.807, 2.05) is 24.3 Å². The number of nitrogens with zero attached hydrogens (tertiary/aromatic N) is 1. The molecular formula is C16H24N2O2. The van der Waals surface area contributed by atoms with Crippen LogP contribution in [0.2, 0.25) is 0 Å². The predicted molar refractivity (Wildman–Crippen MR) is 80.7 cm³/mol. The van der Waals surface area contributed by atoms with Gasteiger partial charge in [0.25, 0.3) is 0 Å². The lowest BCUT2D eigenvalue weighted by Gasteiger charge is -2.31. The van der Waals surface area contributed by atoms with Crippen LogP contribution in [0.3, 0.4) is 0 Å². The first-order valence-electron chi connectivity index (χ1n) is 7.44. The second-order valence-electron chi connectivity index (χ2n) is 5.48. The molecule has 1 heterocycles. The van der Waals surface area contributed by atoms with Gasteiger partial charge >= 0.3 is 0 Å². The standard InChI is InChI=1S/C16H24N2O2/c1-2-14-7-3-4-8-15(14)17-16(20)11-18-9-5-6-13(10-18)12-19/h3-4,7-8,13,19H,2,5-6,9-12H2,1H3,(H,17,20). The number of piperidine rings is 1. The second-order valence-corrected chi connectivity index (χ2v) is 5.48. The highest BCUT2D eigenvalue weighted by molar-refractivity contribution is 5.93. The third kappa shape index (κ3) is 4.05. The number of anilines is 1. The van der Waals surface area contributed by atoms with Crippen molar-refractivity contribution in [2.45, 2.75) is 26.2 Å². The zero-order chi connectivity index (χ0) is 14.4. The van der Waals surface area contributed by atoms with Gasteiger partial charge in [-0.2, -0.15) is 0 Å². The molecule has 1 aromatic carbocycles. The number of nitrogens with one attached hydrogen (secondary N) is 1. The van der Waals surface area contributed by atoms with Crippen molar-refractivity contribution in [1.29, 1.82) is 0 Å². The van der Waals surface area contributed by atoms with E-state index in [2.05, 4.69) is 17.1 Å². The summed E-state index contributed by atoms with van der Waals surface area (Å²) >= 11 is 0. The van der Waals surface area contributed by atoms with Crippen molar-refractivity contribution >= 4 is 11.6 Å². The summed E-state index contributed by atoms with van der Waals surface area (Å²) in [7, 11) is 0. The molecule has 0 spiro atoms. The molecule has 0 bridgehead atoms. The fourth-order valence-corrected chi connectivity index (χ4v) is 2.79. The number of aryl methyl sites for hydroxylation is 1. The van der Waals surface area contributed by atoms with Gasteiger partial charge in [-0.05, 0) is 43.4 Å². The molecule has 1 aromatic rings. The third-order valence-corrected chi connectivity index (χ3v) is 3.90. The van der Waals surface area contributed by atoms with Gasteiger partial charge in [0.2, 0.25) is 5.91 Å². The topological polar surface area (TPSA) is 52.6 Å². The Labute approximate surface area is 120 Å². The first kappa shape index (κ1) is 15.0. The zero-order valence-corrected chi connectivity index (χ0v) is 12.1. The highest BCUT2D eigenvalue weighted by Gasteiger charge is 2.21. The number of benzene rings is 1. The molecule has 2 rings (SSSR count). The number of amides is 1. The molecule has 0 saturated carbocycles. The number of aliphatic hydroxyl groups is 1. The van der Waals surface area contributed by atoms with E-state index < -0.39 is 0 Å². The fraction of sp³-hybridized carbons (Fsp3) is 0.562. The van der Waals surface area contributed by atoms with Crippen molar-refractivity contribution in [2.75, 3.05) is 31.6 Å². The Morgan fingerprint density at radius 2 is 2.25 bits per heavy atom. The minimum atomic E-state index is 0.0319. The van der Waals surface area contributed by atoms with E-state index in [9.17, 15) is 9.90 Å². The van der Waals surface area contributed by atoms with Crippen LogP contribution in [-0.2, 0) is 11.2 Å². The maximum atomic E-state index is 12.1. The average Bonchev–Trinajstić information content (AvgIpc) is 2.48. The molecule has 0 radical (unpaired) electrons. The van der Waals surface area contributed by atoms with Crippen LogP contribution in [0, 0.1) is 5.92 Å². The summed E-state index contributed by atoms with van der Waals surface area (Å²) in [6.45, 7) is 4.48. The maximum Gasteiger partial charge on any atom is 0.238 e. The van der Waals surface area contributed by atoms with Gasteiger partial charge in [0.05, 0.1) is 6.54 Å². The molecule has 1 aliphatic heterocycles. The van der Waals surface area contributed by atoms with E-state index >= 15 is 0 Å². The Hall–Kier alpha value is -1.39. The first-order chi connectivity index (χ1) is 9.72. The maximum absolute atomic E-state index is 12.1. The Morgan fingerprint density at radius 3 is 3.00 bits per heavy atom. The molecule has 1 saturated heterocycles. The second kappa shape index (κ2) is 7.41. The SMILES string of the molecule is CCc1ccccc1NC(=O)CN1CCCC(CO)C1. The molecular weight excluding hydrogens is 252 g/mol. The highest BCUT2D eigenvalue weighted by atomic mass is 16.3. The normalized spacial score (nSPS) is 19.8. The van der Waals surface area contributed by atoms with Crippen molar-refractivity contribution in [2.24, 2.45) is 5.92 Å². The van der Waals surface area contributed by atoms with Gasteiger partial charge in [0, 0.05) is 18.8 Å². The van der Waals surface area contributed by atoms with E-state index in [0.29, 0.717) is 12.5 Å². The molecule has 1 fully saturated rings. The van der Waals surface area contributed by atoms with Gasteiger partial charge in [-0.15, -0.1) is 0 Å². The summed E-state index contributed by atoms with van der Waals surface area (Å²) in [6, 6.07) is 7.92. The minimum absolute atomic E-state index is 0.0319. The number of likely N-dealkylation sites (tertiary alicyclic amines) is 1. The Bertz CT molecular complexity index is 448. The summed E-state index contributed by atoms with van der Waals surface area (Å²) < 4.78 is 0. The van der Waals surface area contributed by atoms with Crippen LogP contribution in [0.4, 0.5) is 5.69 Å². The Morgan fingerprint density at radius 1 is 1.45 bits per heavy atom. The molecule has 1 amide bonds. The van der Waals surface area contributed by atoms with Crippen molar-refractivity contribution in [3.63, 3.8) is 0 Å². The van der Waals surface area contributed by atoms with Gasteiger partial charge in [0.15, 0.2) is 0 Å². The van der Waals surface area contributed by atoms with Crippen LogP contribution in [-0.4, -0.2) is 42.2 Å². The van der Waals surface area contributed by atoms with Crippen LogP contribution < -0.4 is 5.32 Å². The fourth-order valence-electron chi connectivity index (χ4n) is 2.79. The number of carbonyl (C=O) groups is 1. The largest absolute Gasteiger partial charge is 0.396 e. The number of aliphatic hydroxyl groups excluding tert-OH is 1. The molecule has 4 nitrogen and oxygen atoms in total. The lowest BCUT2D eigenvalue weighted by Crippen LogP contribution is -2.41. The number of rotatable bonds is 5. The molecule has 110 valence electrons. The molecule has 1 aliphatic rings. The Kier molecular flexibility index (Phi) is 5.56. The van der Waals surface area contributed by atoms with Gasteiger partial charge in [-0.1, -0.05) is 25.1 Å². The third-order valence-electron chi connectivity index (χ3n) is 3.90. The summed E-state index contributed by atoms with van der Waals surface area (Å²) in [5.41, 5.74) is 2.07. The number of para-hydroxylation sites is 1. The zero-order valence-electron chi connectivity index (χ0n) is 12.1. The van der Waals surface area contributed by atoms with Crippen LogP contribution in [0.25, 0.3) is 0 Å². The molecule has 0 aliphatic carbocycles. The van der Waals surface area contributed by atoms with E-state index in [1.54, 1.807) is 0 Å². The Balaban J connectivity index is 1.89. The molecule has 0 aromatic heterocycles. The summed E-state index contributed by atoms with van der Waals surface area (Å²) in [5.74, 6) is 0.351. The van der Waals surface area contributed by atoms with Crippen LogP contribution in [0.15, 0.2) is 24.3 Å². The van der Waals surface area contributed by atoms with Crippen molar-refractivity contribution in [3.05, 3.63) is 29.8 Å². The van der Waals surface area contributed by atoms with Crippen molar-refractivity contribution < 1.29 is 9.90 Å². The molecule has 1 unspecified atom stereocenters. The van der Waals surface area contributed by atoms with Crippen LogP contribution in [0.1, 0.15) is 25.3 Å². The number of hydrogen-bond donors (Lipinski definition) is 2. The van der Waals surface area contributed by atoms with E-state index in [0.717, 1.165) is 43.6 Å². The minimum Gasteiger partial charge on any atom is -0.396 e. The predicted octanol–water partition coefficient (Wildman–Crippen LogP) is 1.89. The molecule has 4 heteroatoms. The quantitative estimate of drug-likeness (QED) is 0.863.